The Morgan fingerprint density at radius 2 is 2.20 bits per heavy atom. The fourth-order valence-electron chi connectivity index (χ4n) is 1.41. The van der Waals surface area contributed by atoms with E-state index in [1.807, 2.05) is 11.9 Å². The molecule has 0 spiro atoms. The summed E-state index contributed by atoms with van der Waals surface area (Å²) in [5, 5.41) is 0. The van der Waals surface area contributed by atoms with Crippen LogP contribution in [0.4, 0.5) is 15.8 Å². The standard InChI is InChI=1S/C11H17FN2O/c1-14(6-3-7-15-2)11-8-9(12)4-5-10(11)13/h4-5,8H,3,6-7,13H2,1-2H3. The Hall–Kier alpha value is -1.29. The van der Waals surface area contributed by atoms with Crippen molar-refractivity contribution >= 4 is 11.4 Å². The maximum Gasteiger partial charge on any atom is 0.125 e. The summed E-state index contributed by atoms with van der Waals surface area (Å²) in [6, 6.07) is 4.39. The molecular formula is C11H17FN2O. The van der Waals surface area contributed by atoms with Gasteiger partial charge in [0.1, 0.15) is 5.82 Å². The Kier molecular flexibility index (Phi) is 4.37. The van der Waals surface area contributed by atoms with Crippen molar-refractivity contribution in [2.24, 2.45) is 0 Å². The van der Waals surface area contributed by atoms with Crippen molar-refractivity contribution in [2.75, 3.05) is 37.9 Å². The smallest absolute Gasteiger partial charge is 0.125 e. The molecule has 1 aromatic rings. The number of methoxy groups -OCH3 is 1. The number of halogens is 1. The number of rotatable bonds is 5. The molecule has 0 aliphatic carbocycles. The van der Waals surface area contributed by atoms with Crippen molar-refractivity contribution in [3.05, 3.63) is 24.0 Å². The van der Waals surface area contributed by atoms with Crippen LogP contribution in [0, 0.1) is 5.82 Å². The Labute approximate surface area is 89.6 Å². The zero-order valence-electron chi connectivity index (χ0n) is 9.16. The predicted molar refractivity (Wildman–Crippen MR) is 60.6 cm³/mol. The van der Waals surface area contributed by atoms with E-state index in [1.165, 1.54) is 12.1 Å². The maximum atomic E-state index is 13.0. The van der Waals surface area contributed by atoms with Gasteiger partial charge in [0.15, 0.2) is 0 Å². The number of anilines is 2. The fourth-order valence-corrected chi connectivity index (χ4v) is 1.41. The highest BCUT2D eigenvalue weighted by molar-refractivity contribution is 5.67. The molecule has 0 aliphatic rings. The molecule has 0 aromatic heterocycles. The number of hydrogen-bond acceptors (Lipinski definition) is 3. The summed E-state index contributed by atoms with van der Waals surface area (Å²) in [5.74, 6) is -0.266. The molecule has 1 rings (SSSR count). The second-order valence-electron chi connectivity index (χ2n) is 3.47. The molecule has 0 unspecified atom stereocenters. The molecule has 3 nitrogen and oxygen atoms in total. The molecule has 1 aromatic carbocycles. The third-order valence-electron chi connectivity index (χ3n) is 2.25. The first kappa shape index (κ1) is 11.8. The van der Waals surface area contributed by atoms with Crippen LogP contribution in [0.15, 0.2) is 18.2 Å². The van der Waals surface area contributed by atoms with Crippen molar-refractivity contribution in [3.63, 3.8) is 0 Å². The van der Waals surface area contributed by atoms with Crippen LogP contribution in [-0.4, -0.2) is 27.3 Å². The minimum Gasteiger partial charge on any atom is -0.397 e. The van der Waals surface area contributed by atoms with Crippen molar-refractivity contribution < 1.29 is 9.13 Å². The highest BCUT2D eigenvalue weighted by Crippen LogP contribution is 2.22. The minimum absolute atomic E-state index is 0.266. The number of ether oxygens (including phenoxy) is 1. The molecule has 0 heterocycles. The van der Waals surface area contributed by atoms with E-state index in [9.17, 15) is 4.39 Å². The van der Waals surface area contributed by atoms with E-state index in [-0.39, 0.29) is 5.82 Å². The van der Waals surface area contributed by atoms with Crippen molar-refractivity contribution in [1.82, 2.24) is 0 Å². The molecule has 15 heavy (non-hydrogen) atoms. The van der Waals surface area contributed by atoms with Gasteiger partial charge in [-0.15, -0.1) is 0 Å². The molecule has 84 valence electrons. The lowest BCUT2D eigenvalue weighted by molar-refractivity contribution is 0.196. The van der Waals surface area contributed by atoms with E-state index in [1.54, 1.807) is 13.2 Å². The minimum atomic E-state index is -0.266. The second kappa shape index (κ2) is 5.56. The van der Waals surface area contributed by atoms with Gasteiger partial charge in [-0.1, -0.05) is 0 Å². The molecule has 0 saturated carbocycles. The average Bonchev–Trinajstić information content (AvgIpc) is 2.22. The van der Waals surface area contributed by atoms with Crippen LogP contribution in [0.3, 0.4) is 0 Å². The van der Waals surface area contributed by atoms with Crippen LogP contribution in [0.2, 0.25) is 0 Å². The number of nitrogen functional groups attached to an aromatic ring is 1. The van der Waals surface area contributed by atoms with E-state index in [2.05, 4.69) is 0 Å². The number of nitrogens with zero attached hydrogens (tertiary/aromatic N) is 1. The Balaban J connectivity index is 2.64. The summed E-state index contributed by atoms with van der Waals surface area (Å²) in [7, 11) is 3.55. The normalized spacial score (nSPS) is 10.3. The van der Waals surface area contributed by atoms with Gasteiger partial charge in [0.25, 0.3) is 0 Å². The Morgan fingerprint density at radius 1 is 1.47 bits per heavy atom. The van der Waals surface area contributed by atoms with Crippen LogP contribution in [0.25, 0.3) is 0 Å². The highest BCUT2D eigenvalue weighted by atomic mass is 19.1. The molecule has 2 N–H and O–H groups in total. The first-order valence-corrected chi connectivity index (χ1v) is 4.90. The van der Waals surface area contributed by atoms with Gasteiger partial charge in [-0.05, 0) is 24.6 Å². The van der Waals surface area contributed by atoms with Crippen LogP contribution in [0.5, 0.6) is 0 Å². The molecule has 0 bridgehead atoms. The lowest BCUT2D eigenvalue weighted by Gasteiger charge is -2.20. The van der Waals surface area contributed by atoms with Gasteiger partial charge in [-0.3, -0.25) is 0 Å². The molecule has 0 aliphatic heterocycles. The van der Waals surface area contributed by atoms with Gasteiger partial charge < -0.3 is 15.4 Å². The monoisotopic (exact) mass is 212 g/mol. The zero-order valence-corrected chi connectivity index (χ0v) is 9.16. The SMILES string of the molecule is COCCCN(C)c1cc(F)ccc1N. The highest BCUT2D eigenvalue weighted by Gasteiger charge is 2.05. The van der Waals surface area contributed by atoms with Gasteiger partial charge >= 0.3 is 0 Å². The summed E-state index contributed by atoms with van der Waals surface area (Å²) in [6.07, 6.45) is 0.892. The number of benzene rings is 1. The summed E-state index contributed by atoms with van der Waals surface area (Å²) in [5.41, 5.74) is 7.08. The van der Waals surface area contributed by atoms with Crippen LogP contribution in [-0.2, 0) is 4.74 Å². The predicted octanol–water partition coefficient (Wildman–Crippen LogP) is 1.88. The number of nitrogens with two attached hydrogens (primary N) is 1. The number of hydrogen-bond donors (Lipinski definition) is 1. The Bertz CT molecular complexity index is 317. The molecule has 0 saturated heterocycles. The van der Waals surface area contributed by atoms with Crippen LogP contribution < -0.4 is 10.6 Å². The largest absolute Gasteiger partial charge is 0.397 e. The maximum absolute atomic E-state index is 13.0. The quantitative estimate of drug-likeness (QED) is 0.598. The van der Waals surface area contributed by atoms with E-state index >= 15 is 0 Å². The van der Waals surface area contributed by atoms with Crippen molar-refractivity contribution in [3.8, 4) is 0 Å². The average molecular weight is 212 g/mol. The molecule has 0 amide bonds. The van der Waals surface area contributed by atoms with E-state index in [0.29, 0.717) is 12.3 Å². The third-order valence-corrected chi connectivity index (χ3v) is 2.25. The summed E-state index contributed by atoms with van der Waals surface area (Å²) < 4.78 is 17.9. The Morgan fingerprint density at radius 3 is 2.87 bits per heavy atom. The van der Waals surface area contributed by atoms with Gasteiger partial charge in [-0.25, -0.2) is 4.39 Å². The van der Waals surface area contributed by atoms with Gasteiger partial charge in [0.05, 0.1) is 11.4 Å². The lowest BCUT2D eigenvalue weighted by Crippen LogP contribution is -2.21. The second-order valence-corrected chi connectivity index (χ2v) is 3.47. The molecule has 0 radical (unpaired) electrons. The molecule has 0 atom stereocenters. The van der Waals surface area contributed by atoms with E-state index in [0.717, 1.165) is 18.7 Å². The van der Waals surface area contributed by atoms with Crippen molar-refractivity contribution in [2.45, 2.75) is 6.42 Å². The fraction of sp³-hybridized carbons (Fsp3) is 0.455. The lowest BCUT2D eigenvalue weighted by atomic mass is 10.2. The van der Waals surface area contributed by atoms with E-state index < -0.39 is 0 Å². The topological polar surface area (TPSA) is 38.5 Å². The molecule has 4 heteroatoms. The summed E-state index contributed by atoms with van der Waals surface area (Å²) in [6.45, 7) is 1.49. The third kappa shape index (κ3) is 3.40. The first-order chi connectivity index (χ1) is 7.15. The zero-order chi connectivity index (χ0) is 11.3. The van der Waals surface area contributed by atoms with Crippen molar-refractivity contribution in [1.29, 1.82) is 0 Å². The summed E-state index contributed by atoms with van der Waals surface area (Å²) in [4.78, 5) is 1.93. The summed E-state index contributed by atoms with van der Waals surface area (Å²) >= 11 is 0. The van der Waals surface area contributed by atoms with Gasteiger partial charge in [-0.2, -0.15) is 0 Å². The first-order valence-electron chi connectivity index (χ1n) is 4.90. The molecular weight excluding hydrogens is 195 g/mol. The van der Waals surface area contributed by atoms with Crippen LogP contribution in [0.1, 0.15) is 6.42 Å². The molecule has 0 fully saturated rings. The van der Waals surface area contributed by atoms with Gasteiger partial charge in [0, 0.05) is 27.3 Å². The van der Waals surface area contributed by atoms with Gasteiger partial charge in [0.2, 0.25) is 0 Å². The van der Waals surface area contributed by atoms with E-state index in [4.69, 9.17) is 10.5 Å². The van der Waals surface area contributed by atoms with Crippen LogP contribution >= 0.6 is 0 Å².